The summed E-state index contributed by atoms with van der Waals surface area (Å²) in [5.41, 5.74) is 0. The summed E-state index contributed by atoms with van der Waals surface area (Å²) in [4.78, 5) is 2.62. The van der Waals surface area contributed by atoms with Crippen molar-refractivity contribution in [2.45, 2.75) is 45.1 Å². The van der Waals surface area contributed by atoms with Crippen LogP contribution in [0.3, 0.4) is 0 Å². The molecule has 0 aromatic carbocycles. The first-order chi connectivity index (χ1) is 8.34. The maximum atomic E-state index is 5.60. The SMILES string of the molecule is CC1CCCN(CCNCC2CCCO2)CC1. The highest BCUT2D eigenvalue weighted by atomic mass is 16.5. The van der Waals surface area contributed by atoms with Crippen molar-refractivity contribution in [3.63, 3.8) is 0 Å². The molecule has 0 bridgehead atoms. The second kappa shape index (κ2) is 7.34. The average Bonchev–Trinajstić information content (AvgIpc) is 2.75. The van der Waals surface area contributed by atoms with Crippen molar-refractivity contribution < 1.29 is 4.74 Å². The minimum absolute atomic E-state index is 0.485. The first-order valence-corrected chi connectivity index (χ1v) is 7.39. The first-order valence-electron chi connectivity index (χ1n) is 7.39. The van der Waals surface area contributed by atoms with Crippen LogP contribution < -0.4 is 5.32 Å². The van der Waals surface area contributed by atoms with Gasteiger partial charge in [-0.3, -0.25) is 0 Å². The predicted molar refractivity (Wildman–Crippen MR) is 71.3 cm³/mol. The van der Waals surface area contributed by atoms with E-state index in [0.29, 0.717) is 6.10 Å². The van der Waals surface area contributed by atoms with Gasteiger partial charge in [0, 0.05) is 26.2 Å². The van der Waals surface area contributed by atoms with Gasteiger partial charge in [-0.05, 0) is 51.1 Å². The molecule has 2 rings (SSSR count). The van der Waals surface area contributed by atoms with Crippen molar-refractivity contribution in [3.05, 3.63) is 0 Å². The molecule has 0 radical (unpaired) electrons. The molecule has 0 aromatic rings. The van der Waals surface area contributed by atoms with E-state index in [1.54, 1.807) is 0 Å². The summed E-state index contributed by atoms with van der Waals surface area (Å²) in [5, 5.41) is 3.54. The lowest BCUT2D eigenvalue weighted by Gasteiger charge is -2.20. The Labute approximate surface area is 106 Å². The lowest BCUT2D eigenvalue weighted by Crippen LogP contribution is -2.35. The summed E-state index contributed by atoms with van der Waals surface area (Å²) in [6.07, 6.45) is 7.16. The Balaban J connectivity index is 1.52. The van der Waals surface area contributed by atoms with E-state index in [-0.39, 0.29) is 0 Å². The van der Waals surface area contributed by atoms with Crippen LogP contribution in [-0.2, 0) is 4.74 Å². The van der Waals surface area contributed by atoms with Gasteiger partial charge in [0.05, 0.1) is 6.10 Å². The standard InChI is InChI=1S/C14H28N2O/c1-13-4-2-8-16(9-6-13)10-7-15-12-14-5-3-11-17-14/h13-15H,2-12H2,1H3. The molecule has 3 nitrogen and oxygen atoms in total. The highest BCUT2D eigenvalue weighted by molar-refractivity contribution is 4.70. The second-order valence-corrected chi connectivity index (χ2v) is 5.72. The van der Waals surface area contributed by atoms with Crippen molar-refractivity contribution in [2.75, 3.05) is 39.3 Å². The van der Waals surface area contributed by atoms with Crippen LogP contribution in [0.1, 0.15) is 39.0 Å². The van der Waals surface area contributed by atoms with E-state index < -0.39 is 0 Å². The van der Waals surface area contributed by atoms with Gasteiger partial charge in [0.1, 0.15) is 0 Å². The van der Waals surface area contributed by atoms with Crippen LogP contribution >= 0.6 is 0 Å². The van der Waals surface area contributed by atoms with Crippen LogP contribution in [0.25, 0.3) is 0 Å². The predicted octanol–water partition coefficient (Wildman–Crippen LogP) is 1.88. The summed E-state index contributed by atoms with van der Waals surface area (Å²) in [6.45, 7) is 9.32. The number of ether oxygens (including phenoxy) is 1. The smallest absolute Gasteiger partial charge is 0.0700 e. The maximum Gasteiger partial charge on any atom is 0.0700 e. The van der Waals surface area contributed by atoms with Gasteiger partial charge in [0.25, 0.3) is 0 Å². The van der Waals surface area contributed by atoms with Crippen LogP contribution in [-0.4, -0.2) is 50.3 Å². The summed E-state index contributed by atoms with van der Waals surface area (Å²) in [7, 11) is 0. The Morgan fingerprint density at radius 2 is 2.12 bits per heavy atom. The molecule has 2 unspecified atom stereocenters. The van der Waals surface area contributed by atoms with Gasteiger partial charge in [-0.15, -0.1) is 0 Å². The molecule has 3 heteroatoms. The van der Waals surface area contributed by atoms with E-state index in [2.05, 4.69) is 17.1 Å². The van der Waals surface area contributed by atoms with Gasteiger partial charge in [-0.25, -0.2) is 0 Å². The summed E-state index contributed by atoms with van der Waals surface area (Å²) < 4.78 is 5.60. The van der Waals surface area contributed by atoms with E-state index in [0.717, 1.165) is 25.6 Å². The Morgan fingerprint density at radius 3 is 2.94 bits per heavy atom. The van der Waals surface area contributed by atoms with Gasteiger partial charge in [-0.1, -0.05) is 6.92 Å². The van der Waals surface area contributed by atoms with Crippen LogP contribution in [0, 0.1) is 5.92 Å². The van der Waals surface area contributed by atoms with Crippen molar-refractivity contribution in [1.82, 2.24) is 10.2 Å². The highest BCUT2D eigenvalue weighted by Crippen LogP contribution is 2.15. The van der Waals surface area contributed by atoms with E-state index in [9.17, 15) is 0 Å². The lowest BCUT2D eigenvalue weighted by atomic mass is 10.0. The fourth-order valence-corrected chi connectivity index (χ4v) is 2.85. The molecule has 100 valence electrons. The number of hydrogen-bond acceptors (Lipinski definition) is 3. The molecule has 2 aliphatic rings. The van der Waals surface area contributed by atoms with E-state index >= 15 is 0 Å². The molecule has 2 aliphatic heterocycles. The minimum atomic E-state index is 0.485. The molecule has 2 heterocycles. The zero-order valence-corrected chi connectivity index (χ0v) is 11.3. The molecule has 0 aromatic heterocycles. The van der Waals surface area contributed by atoms with Crippen molar-refractivity contribution in [3.8, 4) is 0 Å². The molecule has 0 spiro atoms. The number of rotatable bonds is 5. The van der Waals surface area contributed by atoms with Gasteiger partial charge < -0.3 is 15.0 Å². The maximum absolute atomic E-state index is 5.60. The quantitative estimate of drug-likeness (QED) is 0.743. The highest BCUT2D eigenvalue weighted by Gasteiger charge is 2.15. The fraction of sp³-hybridized carbons (Fsp3) is 1.00. The van der Waals surface area contributed by atoms with Crippen LogP contribution in [0.2, 0.25) is 0 Å². The first kappa shape index (κ1) is 13.3. The van der Waals surface area contributed by atoms with E-state index in [4.69, 9.17) is 4.74 Å². The summed E-state index contributed by atoms with van der Waals surface area (Å²) >= 11 is 0. The summed E-state index contributed by atoms with van der Waals surface area (Å²) in [6, 6.07) is 0. The largest absolute Gasteiger partial charge is 0.377 e. The van der Waals surface area contributed by atoms with Crippen LogP contribution in [0.4, 0.5) is 0 Å². The molecule has 1 N–H and O–H groups in total. The normalized spacial score (nSPS) is 31.6. The Morgan fingerprint density at radius 1 is 1.18 bits per heavy atom. The lowest BCUT2D eigenvalue weighted by molar-refractivity contribution is 0.109. The molecule has 0 amide bonds. The molecule has 2 atom stereocenters. The Hall–Kier alpha value is -0.120. The van der Waals surface area contributed by atoms with Gasteiger partial charge in [0.15, 0.2) is 0 Å². The zero-order valence-electron chi connectivity index (χ0n) is 11.3. The Kier molecular flexibility index (Phi) is 5.75. The molecular formula is C14H28N2O. The molecule has 17 heavy (non-hydrogen) atoms. The van der Waals surface area contributed by atoms with Crippen molar-refractivity contribution in [2.24, 2.45) is 5.92 Å². The Bertz CT molecular complexity index is 204. The van der Waals surface area contributed by atoms with Crippen LogP contribution in [0.5, 0.6) is 0 Å². The van der Waals surface area contributed by atoms with Gasteiger partial charge in [0.2, 0.25) is 0 Å². The minimum Gasteiger partial charge on any atom is -0.377 e. The number of nitrogens with one attached hydrogen (secondary N) is 1. The summed E-state index contributed by atoms with van der Waals surface area (Å²) in [5.74, 6) is 0.930. The van der Waals surface area contributed by atoms with Crippen LogP contribution in [0.15, 0.2) is 0 Å². The number of hydrogen-bond donors (Lipinski definition) is 1. The molecule has 0 aliphatic carbocycles. The van der Waals surface area contributed by atoms with Gasteiger partial charge in [-0.2, -0.15) is 0 Å². The van der Waals surface area contributed by atoms with E-state index in [1.807, 2.05) is 0 Å². The zero-order chi connectivity index (χ0) is 11.9. The fourth-order valence-electron chi connectivity index (χ4n) is 2.85. The van der Waals surface area contributed by atoms with Crippen molar-refractivity contribution >= 4 is 0 Å². The third-order valence-electron chi connectivity index (χ3n) is 4.11. The second-order valence-electron chi connectivity index (χ2n) is 5.72. The molecule has 0 saturated carbocycles. The molecular weight excluding hydrogens is 212 g/mol. The monoisotopic (exact) mass is 240 g/mol. The number of likely N-dealkylation sites (tertiary alicyclic amines) is 1. The van der Waals surface area contributed by atoms with Gasteiger partial charge >= 0.3 is 0 Å². The van der Waals surface area contributed by atoms with Crippen molar-refractivity contribution in [1.29, 1.82) is 0 Å². The average molecular weight is 240 g/mol. The van der Waals surface area contributed by atoms with E-state index in [1.165, 1.54) is 51.7 Å². The topological polar surface area (TPSA) is 24.5 Å². The third kappa shape index (κ3) is 4.94. The molecule has 2 fully saturated rings. The number of nitrogens with zero attached hydrogens (tertiary/aromatic N) is 1. The third-order valence-corrected chi connectivity index (χ3v) is 4.11. The molecule has 2 saturated heterocycles.